The Balaban J connectivity index is 1.55. The van der Waals surface area contributed by atoms with Crippen LogP contribution in [0, 0.1) is 11.3 Å². The van der Waals surface area contributed by atoms with E-state index in [0.717, 1.165) is 38.8 Å². The van der Waals surface area contributed by atoms with Crippen molar-refractivity contribution in [3.05, 3.63) is 0 Å². The topological polar surface area (TPSA) is 79.0 Å². The fourth-order valence-corrected chi connectivity index (χ4v) is 5.11. The molecule has 0 saturated carbocycles. The van der Waals surface area contributed by atoms with Crippen LogP contribution in [0.3, 0.4) is 0 Å². The zero-order chi connectivity index (χ0) is 18.1. The summed E-state index contributed by atoms with van der Waals surface area (Å²) in [7, 11) is 0. The third kappa shape index (κ3) is 3.10. The van der Waals surface area contributed by atoms with Crippen molar-refractivity contribution in [3.8, 4) is 0 Å². The molecule has 2 atom stereocenters. The number of nitrogens with zero attached hydrogens (tertiary/aromatic N) is 2. The first-order valence-electron chi connectivity index (χ1n) is 10.1. The Hall–Kier alpha value is -1.63. The number of carbonyl (C=O) groups is 3. The van der Waals surface area contributed by atoms with Crippen molar-refractivity contribution < 1.29 is 19.1 Å². The predicted octanol–water partition coefficient (Wildman–Crippen LogP) is 0.533. The number of hydrogen-bond donors (Lipinski definition) is 1. The summed E-state index contributed by atoms with van der Waals surface area (Å²) >= 11 is 0. The largest absolute Gasteiger partial charge is 0.381 e. The first-order valence-corrected chi connectivity index (χ1v) is 10.1. The lowest BCUT2D eigenvalue weighted by molar-refractivity contribution is -0.157. The Morgan fingerprint density at radius 2 is 1.77 bits per heavy atom. The number of amides is 3. The summed E-state index contributed by atoms with van der Waals surface area (Å²) in [4.78, 5) is 42.2. The van der Waals surface area contributed by atoms with E-state index in [9.17, 15) is 14.4 Å². The Bertz CT molecular complexity index is 583. The quantitative estimate of drug-likeness (QED) is 0.776. The van der Waals surface area contributed by atoms with Gasteiger partial charge in [-0.2, -0.15) is 0 Å². The highest BCUT2D eigenvalue weighted by molar-refractivity contribution is 5.89. The molecule has 4 fully saturated rings. The van der Waals surface area contributed by atoms with Crippen LogP contribution < -0.4 is 5.32 Å². The molecule has 7 nitrogen and oxygen atoms in total. The van der Waals surface area contributed by atoms with Crippen molar-refractivity contribution in [1.29, 1.82) is 0 Å². The van der Waals surface area contributed by atoms with Crippen molar-refractivity contribution in [3.63, 3.8) is 0 Å². The molecular weight excluding hydrogens is 334 g/mol. The van der Waals surface area contributed by atoms with Gasteiger partial charge in [0, 0.05) is 57.8 Å². The van der Waals surface area contributed by atoms with Crippen molar-refractivity contribution in [2.45, 2.75) is 51.0 Å². The fourth-order valence-electron chi connectivity index (χ4n) is 5.11. The lowest BCUT2D eigenvalue weighted by atomic mass is 9.68. The van der Waals surface area contributed by atoms with E-state index in [1.807, 2.05) is 9.80 Å². The van der Waals surface area contributed by atoms with Gasteiger partial charge >= 0.3 is 0 Å². The van der Waals surface area contributed by atoms with Gasteiger partial charge in [0.2, 0.25) is 17.7 Å². The predicted molar refractivity (Wildman–Crippen MR) is 94.2 cm³/mol. The monoisotopic (exact) mass is 363 g/mol. The Labute approximate surface area is 154 Å². The summed E-state index contributed by atoms with van der Waals surface area (Å²) in [6.07, 6.45) is 5.21. The molecule has 4 heterocycles. The average Bonchev–Trinajstić information content (AvgIpc) is 3.22. The number of carbonyl (C=O) groups excluding carboxylic acids is 3. The summed E-state index contributed by atoms with van der Waals surface area (Å²) in [5.41, 5.74) is -0.642. The lowest BCUT2D eigenvalue weighted by Gasteiger charge is -2.51. The number of piperidine rings is 2. The molecule has 0 spiro atoms. The van der Waals surface area contributed by atoms with E-state index in [1.165, 1.54) is 0 Å². The number of ether oxygens (including phenoxy) is 1. The zero-order valence-electron chi connectivity index (χ0n) is 15.4. The molecule has 4 rings (SSSR count). The SMILES string of the molecule is O=C1CC[C@]2(C(=O)N3CCCC3)CN(C(=O)C3CCOCC3)CC[C@H]2N1. The van der Waals surface area contributed by atoms with E-state index >= 15 is 0 Å². The summed E-state index contributed by atoms with van der Waals surface area (Å²) in [5, 5.41) is 3.06. The second kappa shape index (κ2) is 7.18. The summed E-state index contributed by atoms with van der Waals surface area (Å²) in [5.74, 6) is 0.350. The molecule has 0 aromatic heterocycles. The van der Waals surface area contributed by atoms with Crippen LogP contribution in [0.4, 0.5) is 0 Å². The molecule has 0 aliphatic carbocycles. The normalized spacial score (nSPS) is 32.9. The number of likely N-dealkylation sites (tertiary alicyclic amines) is 2. The van der Waals surface area contributed by atoms with E-state index in [4.69, 9.17) is 4.74 Å². The molecule has 0 bridgehead atoms. The fraction of sp³-hybridized carbons (Fsp3) is 0.842. The third-order valence-electron chi connectivity index (χ3n) is 6.66. The van der Waals surface area contributed by atoms with Crippen LogP contribution in [-0.2, 0) is 19.1 Å². The molecule has 4 aliphatic rings. The molecule has 1 N–H and O–H groups in total. The second-order valence-electron chi connectivity index (χ2n) is 8.21. The summed E-state index contributed by atoms with van der Waals surface area (Å²) in [6, 6.07) is -0.143. The molecular formula is C19H29N3O4. The minimum atomic E-state index is -0.642. The first-order chi connectivity index (χ1) is 12.6. The maximum atomic E-state index is 13.4. The number of nitrogens with one attached hydrogen (secondary N) is 1. The Kier molecular flexibility index (Phi) is 4.90. The van der Waals surface area contributed by atoms with Gasteiger partial charge in [-0.25, -0.2) is 0 Å². The molecule has 4 aliphatic heterocycles. The minimum Gasteiger partial charge on any atom is -0.381 e. The standard InChI is InChI=1S/C19H29N3O4/c23-16-3-7-19(18(25)21-8-1-2-9-21)13-22(10-4-15(19)20-16)17(24)14-5-11-26-12-6-14/h14-15H,1-13H2,(H,20,23)/t15-,19+/m1/s1. The van der Waals surface area contributed by atoms with E-state index in [0.29, 0.717) is 45.6 Å². The van der Waals surface area contributed by atoms with Crippen LogP contribution in [0.15, 0.2) is 0 Å². The van der Waals surface area contributed by atoms with E-state index < -0.39 is 5.41 Å². The maximum Gasteiger partial charge on any atom is 0.232 e. The molecule has 144 valence electrons. The summed E-state index contributed by atoms with van der Waals surface area (Å²) in [6.45, 7) is 3.95. The van der Waals surface area contributed by atoms with Gasteiger partial charge < -0.3 is 19.9 Å². The number of fused-ring (bicyclic) bond motifs is 1. The smallest absolute Gasteiger partial charge is 0.232 e. The maximum absolute atomic E-state index is 13.4. The molecule has 0 aromatic rings. The van der Waals surface area contributed by atoms with Gasteiger partial charge in [-0.1, -0.05) is 0 Å². The van der Waals surface area contributed by atoms with Crippen molar-refractivity contribution in [2.75, 3.05) is 39.4 Å². The van der Waals surface area contributed by atoms with E-state index in [-0.39, 0.29) is 29.7 Å². The van der Waals surface area contributed by atoms with Crippen LogP contribution in [0.1, 0.15) is 44.9 Å². The molecule has 26 heavy (non-hydrogen) atoms. The van der Waals surface area contributed by atoms with Crippen molar-refractivity contribution in [2.24, 2.45) is 11.3 Å². The highest BCUT2D eigenvalue weighted by atomic mass is 16.5. The Morgan fingerprint density at radius 1 is 1.04 bits per heavy atom. The van der Waals surface area contributed by atoms with Gasteiger partial charge in [0.05, 0.1) is 5.41 Å². The Morgan fingerprint density at radius 3 is 2.50 bits per heavy atom. The lowest BCUT2D eigenvalue weighted by Crippen LogP contribution is -2.67. The van der Waals surface area contributed by atoms with Crippen molar-refractivity contribution in [1.82, 2.24) is 15.1 Å². The summed E-state index contributed by atoms with van der Waals surface area (Å²) < 4.78 is 5.38. The molecule has 7 heteroatoms. The van der Waals surface area contributed by atoms with Gasteiger partial charge in [-0.15, -0.1) is 0 Å². The van der Waals surface area contributed by atoms with Crippen molar-refractivity contribution >= 4 is 17.7 Å². The van der Waals surface area contributed by atoms with E-state index in [2.05, 4.69) is 5.32 Å². The van der Waals surface area contributed by atoms with Crippen LogP contribution in [0.2, 0.25) is 0 Å². The second-order valence-corrected chi connectivity index (χ2v) is 8.21. The molecule has 3 amide bonds. The zero-order valence-corrected chi connectivity index (χ0v) is 15.4. The van der Waals surface area contributed by atoms with Crippen LogP contribution in [0.5, 0.6) is 0 Å². The van der Waals surface area contributed by atoms with Crippen LogP contribution >= 0.6 is 0 Å². The highest BCUT2D eigenvalue weighted by Gasteiger charge is 2.54. The number of hydrogen-bond acceptors (Lipinski definition) is 4. The van der Waals surface area contributed by atoms with Gasteiger partial charge in [-0.05, 0) is 38.5 Å². The molecule has 0 unspecified atom stereocenters. The molecule has 0 radical (unpaired) electrons. The minimum absolute atomic E-state index is 0.0115. The highest BCUT2D eigenvalue weighted by Crippen LogP contribution is 2.41. The van der Waals surface area contributed by atoms with Gasteiger partial charge in [0.1, 0.15) is 0 Å². The van der Waals surface area contributed by atoms with Gasteiger partial charge in [-0.3, -0.25) is 14.4 Å². The first kappa shape index (κ1) is 17.8. The van der Waals surface area contributed by atoms with Gasteiger partial charge in [0.25, 0.3) is 0 Å². The molecule has 4 saturated heterocycles. The van der Waals surface area contributed by atoms with Crippen LogP contribution in [0.25, 0.3) is 0 Å². The number of rotatable bonds is 2. The average molecular weight is 363 g/mol. The third-order valence-corrected chi connectivity index (χ3v) is 6.66. The van der Waals surface area contributed by atoms with E-state index in [1.54, 1.807) is 0 Å². The van der Waals surface area contributed by atoms with Crippen LogP contribution in [-0.4, -0.2) is 73.0 Å². The molecule has 0 aromatic carbocycles. The van der Waals surface area contributed by atoms with Gasteiger partial charge in [0.15, 0.2) is 0 Å².